The molecule has 2 rings (SSSR count). The first-order valence-electron chi connectivity index (χ1n) is 5.66. The molecule has 1 aromatic carbocycles. The van der Waals surface area contributed by atoms with E-state index in [1.807, 2.05) is 18.2 Å². The molecule has 0 aliphatic carbocycles. The molecule has 1 saturated heterocycles. The third kappa shape index (κ3) is 2.88. The van der Waals surface area contributed by atoms with Gasteiger partial charge in [0.25, 0.3) is 0 Å². The monoisotopic (exact) mass is 240 g/mol. The number of nitrogens with one attached hydrogen (secondary N) is 2. The Morgan fingerprint density at radius 1 is 1.38 bits per heavy atom. The Kier molecular flexibility index (Phi) is 4.04. The molecule has 0 radical (unpaired) electrons. The summed E-state index contributed by atoms with van der Waals surface area (Å²) in [5.41, 5.74) is 1.87. The maximum absolute atomic E-state index is 9.26. The van der Waals surface area contributed by atoms with Crippen LogP contribution < -0.4 is 10.6 Å². The summed E-state index contributed by atoms with van der Waals surface area (Å²) in [6.45, 7) is 2.13. The molecule has 0 unspecified atom stereocenters. The van der Waals surface area contributed by atoms with Crippen LogP contribution >= 0.6 is 11.6 Å². The summed E-state index contributed by atoms with van der Waals surface area (Å²) in [5.74, 6) is 0. The van der Waals surface area contributed by atoms with Gasteiger partial charge in [0.15, 0.2) is 0 Å². The molecule has 0 spiro atoms. The van der Waals surface area contributed by atoms with Gasteiger partial charge in [-0.15, -0.1) is 0 Å². The van der Waals surface area contributed by atoms with Gasteiger partial charge in [-0.1, -0.05) is 11.6 Å². The number of halogens is 1. The first-order valence-corrected chi connectivity index (χ1v) is 6.04. The average Bonchev–Trinajstić information content (AvgIpc) is 2.33. The molecular weight excluding hydrogens is 224 g/mol. The van der Waals surface area contributed by atoms with Crippen LogP contribution in [0, 0.1) is 0 Å². The third-order valence-corrected chi connectivity index (χ3v) is 3.17. The molecule has 1 aliphatic heterocycles. The van der Waals surface area contributed by atoms with Gasteiger partial charge in [0.1, 0.15) is 0 Å². The van der Waals surface area contributed by atoms with E-state index >= 15 is 0 Å². The second-order valence-corrected chi connectivity index (χ2v) is 4.56. The number of aliphatic hydroxyl groups is 1. The molecule has 4 heteroatoms. The molecule has 16 heavy (non-hydrogen) atoms. The number of aliphatic hydroxyl groups excluding tert-OH is 1. The van der Waals surface area contributed by atoms with Gasteiger partial charge in [-0.3, -0.25) is 0 Å². The standard InChI is InChI=1S/C12H17ClN2O/c13-10-1-2-12(9(7-10)8-16)15-11-3-5-14-6-4-11/h1-2,7,11,14-16H,3-6,8H2. The van der Waals surface area contributed by atoms with Crippen LogP contribution in [0.15, 0.2) is 18.2 Å². The van der Waals surface area contributed by atoms with Gasteiger partial charge >= 0.3 is 0 Å². The Bertz CT molecular complexity index is 351. The van der Waals surface area contributed by atoms with Crippen LogP contribution in [0.25, 0.3) is 0 Å². The van der Waals surface area contributed by atoms with E-state index in [1.165, 1.54) is 0 Å². The number of anilines is 1. The van der Waals surface area contributed by atoms with Gasteiger partial charge in [0.05, 0.1) is 6.61 Å². The zero-order valence-electron chi connectivity index (χ0n) is 9.17. The van der Waals surface area contributed by atoms with Crippen LogP contribution in [0.5, 0.6) is 0 Å². The highest BCUT2D eigenvalue weighted by Gasteiger charge is 2.13. The van der Waals surface area contributed by atoms with Gasteiger partial charge in [0.2, 0.25) is 0 Å². The molecule has 3 N–H and O–H groups in total. The fraction of sp³-hybridized carbons (Fsp3) is 0.500. The molecule has 1 aromatic rings. The van der Waals surface area contributed by atoms with E-state index in [-0.39, 0.29) is 6.61 Å². The average molecular weight is 241 g/mol. The van der Waals surface area contributed by atoms with Gasteiger partial charge in [-0.25, -0.2) is 0 Å². The van der Waals surface area contributed by atoms with Crippen LogP contribution in [-0.2, 0) is 6.61 Å². The summed E-state index contributed by atoms with van der Waals surface area (Å²) >= 11 is 5.89. The molecule has 0 aromatic heterocycles. The summed E-state index contributed by atoms with van der Waals surface area (Å²) in [6, 6.07) is 6.10. The zero-order valence-corrected chi connectivity index (χ0v) is 9.93. The van der Waals surface area contributed by atoms with E-state index < -0.39 is 0 Å². The first-order chi connectivity index (χ1) is 7.79. The second kappa shape index (κ2) is 5.53. The molecule has 3 nitrogen and oxygen atoms in total. The van der Waals surface area contributed by atoms with Gasteiger partial charge in [-0.05, 0) is 44.1 Å². The fourth-order valence-electron chi connectivity index (χ4n) is 2.02. The lowest BCUT2D eigenvalue weighted by molar-refractivity contribution is 0.282. The van der Waals surface area contributed by atoms with E-state index in [9.17, 15) is 5.11 Å². The van der Waals surface area contributed by atoms with Crippen molar-refractivity contribution in [1.29, 1.82) is 0 Å². The van der Waals surface area contributed by atoms with Crippen molar-refractivity contribution in [2.45, 2.75) is 25.5 Å². The molecular formula is C12H17ClN2O. The van der Waals surface area contributed by atoms with Crippen LogP contribution in [0.3, 0.4) is 0 Å². The van der Waals surface area contributed by atoms with Crippen molar-refractivity contribution >= 4 is 17.3 Å². The molecule has 0 atom stereocenters. The third-order valence-electron chi connectivity index (χ3n) is 2.94. The summed E-state index contributed by atoms with van der Waals surface area (Å²) in [5, 5.41) is 16.7. The van der Waals surface area contributed by atoms with E-state index in [0.717, 1.165) is 37.2 Å². The Balaban J connectivity index is 2.07. The summed E-state index contributed by atoms with van der Waals surface area (Å²) in [6.07, 6.45) is 2.24. The minimum Gasteiger partial charge on any atom is -0.392 e. The summed E-state index contributed by atoms with van der Waals surface area (Å²) in [7, 11) is 0. The van der Waals surface area contributed by atoms with E-state index in [1.54, 1.807) is 0 Å². The van der Waals surface area contributed by atoms with Crippen molar-refractivity contribution < 1.29 is 5.11 Å². The fourth-order valence-corrected chi connectivity index (χ4v) is 2.21. The SMILES string of the molecule is OCc1cc(Cl)ccc1NC1CCNCC1. The molecule has 1 fully saturated rings. The highest BCUT2D eigenvalue weighted by Crippen LogP contribution is 2.22. The van der Waals surface area contributed by atoms with E-state index in [4.69, 9.17) is 11.6 Å². The summed E-state index contributed by atoms with van der Waals surface area (Å²) in [4.78, 5) is 0. The maximum atomic E-state index is 9.26. The molecule has 0 bridgehead atoms. The normalized spacial score (nSPS) is 17.4. The van der Waals surface area contributed by atoms with Gasteiger partial charge in [0, 0.05) is 22.3 Å². The quantitative estimate of drug-likeness (QED) is 0.757. The largest absolute Gasteiger partial charge is 0.392 e. The topological polar surface area (TPSA) is 44.3 Å². The number of benzene rings is 1. The van der Waals surface area contributed by atoms with E-state index in [2.05, 4.69) is 10.6 Å². The maximum Gasteiger partial charge on any atom is 0.0702 e. The molecule has 88 valence electrons. The highest BCUT2D eigenvalue weighted by molar-refractivity contribution is 6.30. The van der Waals surface area contributed by atoms with Gasteiger partial charge < -0.3 is 15.7 Å². The Morgan fingerprint density at radius 3 is 2.81 bits per heavy atom. The smallest absolute Gasteiger partial charge is 0.0702 e. The van der Waals surface area contributed by atoms with Gasteiger partial charge in [-0.2, -0.15) is 0 Å². The molecule has 0 amide bonds. The van der Waals surface area contributed by atoms with Crippen molar-refractivity contribution in [3.63, 3.8) is 0 Å². The first kappa shape index (κ1) is 11.7. The number of piperidine rings is 1. The lowest BCUT2D eigenvalue weighted by Gasteiger charge is -2.25. The molecule has 0 saturated carbocycles. The predicted octanol–water partition coefficient (Wildman–Crippen LogP) is 2.00. The highest BCUT2D eigenvalue weighted by atomic mass is 35.5. The van der Waals surface area contributed by atoms with Crippen molar-refractivity contribution in [2.75, 3.05) is 18.4 Å². The Hall–Kier alpha value is -0.770. The second-order valence-electron chi connectivity index (χ2n) is 4.13. The minimum absolute atomic E-state index is 0.0217. The van der Waals surface area contributed by atoms with Crippen molar-refractivity contribution in [3.8, 4) is 0 Å². The Morgan fingerprint density at radius 2 is 2.12 bits per heavy atom. The predicted molar refractivity (Wildman–Crippen MR) is 66.9 cm³/mol. The Labute approximate surface area is 101 Å². The summed E-state index contributed by atoms with van der Waals surface area (Å²) < 4.78 is 0. The molecule has 1 heterocycles. The van der Waals surface area contributed by atoms with Crippen LogP contribution in [0.1, 0.15) is 18.4 Å². The number of rotatable bonds is 3. The van der Waals surface area contributed by atoms with Crippen molar-refractivity contribution in [1.82, 2.24) is 5.32 Å². The van der Waals surface area contributed by atoms with Crippen molar-refractivity contribution in [3.05, 3.63) is 28.8 Å². The lowest BCUT2D eigenvalue weighted by Crippen LogP contribution is -2.35. The van der Waals surface area contributed by atoms with Crippen molar-refractivity contribution in [2.24, 2.45) is 0 Å². The molecule has 1 aliphatic rings. The number of hydrogen-bond acceptors (Lipinski definition) is 3. The van der Waals surface area contributed by atoms with Crippen LogP contribution in [-0.4, -0.2) is 24.2 Å². The van der Waals surface area contributed by atoms with Crippen LogP contribution in [0.4, 0.5) is 5.69 Å². The zero-order chi connectivity index (χ0) is 11.4. The van der Waals surface area contributed by atoms with E-state index in [0.29, 0.717) is 11.1 Å². The van der Waals surface area contributed by atoms with Crippen LogP contribution in [0.2, 0.25) is 5.02 Å². The lowest BCUT2D eigenvalue weighted by atomic mass is 10.1. The minimum atomic E-state index is 0.0217. The number of hydrogen-bond donors (Lipinski definition) is 3.